The Labute approximate surface area is 163 Å². The molecule has 0 saturated carbocycles. The summed E-state index contributed by atoms with van der Waals surface area (Å²) in [5, 5.41) is 6.80. The van der Waals surface area contributed by atoms with Crippen LogP contribution in [0, 0.1) is 5.82 Å². The summed E-state index contributed by atoms with van der Waals surface area (Å²) in [4.78, 5) is 15.5. The number of halogens is 2. The van der Waals surface area contributed by atoms with E-state index in [4.69, 9.17) is 4.74 Å². The summed E-state index contributed by atoms with van der Waals surface area (Å²) in [6.45, 7) is 5.99. The molecule has 8 heteroatoms. The topological polar surface area (TPSA) is 53.6 Å². The van der Waals surface area contributed by atoms with Gasteiger partial charge in [-0.3, -0.25) is 4.79 Å². The van der Waals surface area contributed by atoms with Crippen molar-refractivity contribution in [3.8, 4) is 0 Å². The van der Waals surface area contributed by atoms with Crippen molar-refractivity contribution in [1.29, 1.82) is 0 Å². The number of benzene rings is 1. The molecule has 0 unspecified atom stereocenters. The number of carbonyl (C=O) groups is 1. The molecule has 1 aromatic carbocycles. The molecule has 144 valence electrons. The Bertz CT molecular complexity index is 735. The average molecular weight is 402 g/mol. The number of carbonyl (C=O) groups excluding carboxylic acids is 1. The summed E-state index contributed by atoms with van der Waals surface area (Å²) in [5.74, 6) is -0.452. The second-order valence-corrected chi connectivity index (χ2v) is 7.21. The highest BCUT2D eigenvalue weighted by atomic mass is 35.5. The summed E-state index contributed by atoms with van der Waals surface area (Å²) in [6.07, 6.45) is 0.907. The minimum atomic E-state index is -0.307. The van der Waals surface area contributed by atoms with Crippen LogP contribution in [-0.2, 0) is 11.3 Å². The van der Waals surface area contributed by atoms with Crippen LogP contribution >= 0.6 is 23.7 Å². The molecular formula is C18H25ClFN3O2S. The summed E-state index contributed by atoms with van der Waals surface area (Å²) in [5.41, 5.74) is 0.639. The van der Waals surface area contributed by atoms with Gasteiger partial charge in [0.1, 0.15) is 5.82 Å². The van der Waals surface area contributed by atoms with Gasteiger partial charge in [0.05, 0.1) is 11.5 Å². The van der Waals surface area contributed by atoms with Crippen LogP contribution in [-0.4, -0.2) is 57.2 Å². The molecule has 3 rings (SSSR count). The van der Waals surface area contributed by atoms with Gasteiger partial charge >= 0.3 is 0 Å². The molecule has 1 amide bonds. The number of hydrogen-bond acceptors (Lipinski definition) is 5. The molecule has 26 heavy (non-hydrogen) atoms. The number of amides is 1. The van der Waals surface area contributed by atoms with E-state index in [-0.39, 0.29) is 30.7 Å². The Balaban J connectivity index is 0.00000243. The molecule has 2 N–H and O–H groups in total. The molecule has 1 fully saturated rings. The van der Waals surface area contributed by atoms with Gasteiger partial charge in [0.25, 0.3) is 5.91 Å². The van der Waals surface area contributed by atoms with Gasteiger partial charge in [-0.1, -0.05) is 6.07 Å². The van der Waals surface area contributed by atoms with Gasteiger partial charge in [0.2, 0.25) is 0 Å². The molecule has 0 atom stereocenters. The van der Waals surface area contributed by atoms with E-state index in [0.717, 1.165) is 43.8 Å². The van der Waals surface area contributed by atoms with E-state index in [0.29, 0.717) is 22.4 Å². The fourth-order valence-corrected chi connectivity index (χ4v) is 4.29. The van der Waals surface area contributed by atoms with Crippen LogP contribution in [0.3, 0.4) is 0 Å². The van der Waals surface area contributed by atoms with Gasteiger partial charge in [-0.2, -0.15) is 0 Å². The quantitative estimate of drug-likeness (QED) is 0.700. The van der Waals surface area contributed by atoms with E-state index in [1.165, 1.54) is 17.4 Å². The lowest BCUT2D eigenvalue weighted by molar-refractivity contribution is 0.0951. The van der Waals surface area contributed by atoms with Crippen LogP contribution in [0.5, 0.6) is 0 Å². The standard InChI is InChI=1S/C18H24FN3O2S.ClH/c1-24-12-13-16-14(19)4-2-5-15(16)25-17(13)18(23)21-6-3-9-22-10-7-20-8-11-22;/h2,4-5,20H,3,6-12H2,1H3,(H,21,23);1H. The molecule has 0 radical (unpaired) electrons. The summed E-state index contributed by atoms with van der Waals surface area (Å²) >= 11 is 1.32. The van der Waals surface area contributed by atoms with Crippen LogP contribution in [0.4, 0.5) is 4.39 Å². The molecule has 1 aliphatic rings. The van der Waals surface area contributed by atoms with Crippen LogP contribution < -0.4 is 10.6 Å². The van der Waals surface area contributed by atoms with Crippen LogP contribution in [0.15, 0.2) is 18.2 Å². The number of nitrogens with one attached hydrogen (secondary N) is 2. The smallest absolute Gasteiger partial charge is 0.261 e. The van der Waals surface area contributed by atoms with E-state index in [2.05, 4.69) is 15.5 Å². The zero-order chi connectivity index (χ0) is 17.6. The summed E-state index contributed by atoms with van der Waals surface area (Å²) < 4.78 is 20.1. The fourth-order valence-electron chi connectivity index (χ4n) is 3.15. The predicted molar refractivity (Wildman–Crippen MR) is 106 cm³/mol. The Morgan fingerprint density at radius 3 is 2.88 bits per heavy atom. The maximum absolute atomic E-state index is 14.2. The first-order valence-electron chi connectivity index (χ1n) is 8.61. The lowest BCUT2D eigenvalue weighted by Gasteiger charge is -2.27. The molecule has 1 saturated heterocycles. The Morgan fingerprint density at radius 2 is 2.15 bits per heavy atom. The van der Waals surface area contributed by atoms with Crippen molar-refractivity contribution in [2.75, 3.05) is 46.4 Å². The number of hydrogen-bond donors (Lipinski definition) is 2. The van der Waals surface area contributed by atoms with Crippen molar-refractivity contribution in [3.05, 3.63) is 34.5 Å². The van der Waals surface area contributed by atoms with Gasteiger partial charge in [0, 0.05) is 55.5 Å². The SMILES string of the molecule is COCc1c(C(=O)NCCCN2CCNCC2)sc2cccc(F)c12.Cl. The molecule has 1 aliphatic heterocycles. The zero-order valence-corrected chi connectivity index (χ0v) is 16.5. The minimum Gasteiger partial charge on any atom is -0.380 e. The van der Waals surface area contributed by atoms with Crippen molar-refractivity contribution >= 4 is 39.7 Å². The lowest BCUT2D eigenvalue weighted by atomic mass is 10.1. The highest BCUT2D eigenvalue weighted by Gasteiger charge is 2.20. The van der Waals surface area contributed by atoms with Crippen molar-refractivity contribution in [2.45, 2.75) is 13.0 Å². The number of thiophene rings is 1. The largest absolute Gasteiger partial charge is 0.380 e. The molecule has 0 aliphatic carbocycles. The van der Waals surface area contributed by atoms with Crippen LogP contribution in [0.2, 0.25) is 0 Å². The van der Waals surface area contributed by atoms with Crippen molar-refractivity contribution in [1.82, 2.24) is 15.5 Å². The number of rotatable bonds is 7. The summed E-state index contributed by atoms with van der Waals surface area (Å²) in [6, 6.07) is 4.92. The highest BCUT2D eigenvalue weighted by molar-refractivity contribution is 7.21. The molecule has 0 spiro atoms. The third-order valence-corrected chi connectivity index (χ3v) is 5.60. The minimum absolute atomic E-state index is 0. The average Bonchev–Trinajstić information content (AvgIpc) is 3.00. The number of fused-ring (bicyclic) bond motifs is 1. The third-order valence-electron chi connectivity index (χ3n) is 4.40. The second kappa shape index (κ2) is 10.2. The van der Waals surface area contributed by atoms with E-state index >= 15 is 0 Å². The normalized spacial score (nSPS) is 15.0. The fraction of sp³-hybridized carbons (Fsp3) is 0.500. The van der Waals surface area contributed by atoms with Gasteiger partial charge in [-0.05, 0) is 25.1 Å². The van der Waals surface area contributed by atoms with Crippen molar-refractivity contribution in [2.24, 2.45) is 0 Å². The Morgan fingerprint density at radius 1 is 1.38 bits per heavy atom. The number of methoxy groups -OCH3 is 1. The van der Waals surface area contributed by atoms with Gasteiger partial charge < -0.3 is 20.3 Å². The number of piperazine rings is 1. The van der Waals surface area contributed by atoms with E-state index in [9.17, 15) is 9.18 Å². The maximum Gasteiger partial charge on any atom is 0.261 e. The first-order valence-corrected chi connectivity index (χ1v) is 9.42. The first kappa shape index (κ1) is 21.1. The predicted octanol–water partition coefficient (Wildman–Crippen LogP) is 2.63. The molecular weight excluding hydrogens is 377 g/mol. The third kappa shape index (κ3) is 4.92. The number of nitrogens with zero attached hydrogens (tertiary/aromatic N) is 1. The molecule has 5 nitrogen and oxygen atoms in total. The second-order valence-electron chi connectivity index (χ2n) is 6.16. The zero-order valence-electron chi connectivity index (χ0n) is 14.8. The van der Waals surface area contributed by atoms with Crippen molar-refractivity contribution < 1.29 is 13.9 Å². The first-order chi connectivity index (χ1) is 12.2. The Kier molecular flexibility index (Phi) is 8.24. The van der Waals surface area contributed by atoms with Crippen molar-refractivity contribution in [3.63, 3.8) is 0 Å². The van der Waals surface area contributed by atoms with E-state index in [1.807, 2.05) is 6.07 Å². The summed E-state index contributed by atoms with van der Waals surface area (Å²) in [7, 11) is 1.56. The van der Waals surface area contributed by atoms with E-state index < -0.39 is 0 Å². The molecule has 0 bridgehead atoms. The molecule has 1 aromatic heterocycles. The monoisotopic (exact) mass is 401 g/mol. The van der Waals surface area contributed by atoms with Crippen LogP contribution in [0.1, 0.15) is 21.7 Å². The highest BCUT2D eigenvalue weighted by Crippen LogP contribution is 2.33. The number of ether oxygens (including phenoxy) is 1. The Hall–Kier alpha value is -1.25. The van der Waals surface area contributed by atoms with Crippen LogP contribution in [0.25, 0.3) is 10.1 Å². The van der Waals surface area contributed by atoms with E-state index in [1.54, 1.807) is 13.2 Å². The van der Waals surface area contributed by atoms with Gasteiger partial charge in [-0.25, -0.2) is 4.39 Å². The lowest BCUT2D eigenvalue weighted by Crippen LogP contribution is -2.44. The maximum atomic E-state index is 14.2. The van der Waals surface area contributed by atoms with Gasteiger partial charge in [0.15, 0.2) is 0 Å². The van der Waals surface area contributed by atoms with Gasteiger partial charge in [-0.15, -0.1) is 23.7 Å². The molecule has 2 heterocycles. The molecule has 2 aromatic rings.